The van der Waals surface area contributed by atoms with E-state index in [1.54, 1.807) is 0 Å². The number of benzene rings is 2. The number of likely N-dealkylation sites (tertiary alicyclic amines) is 1. The van der Waals surface area contributed by atoms with Crippen molar-refractivity contribution in [3.63, 3.8) is 0 Å². The Labute approximate surface area is 121 Å². The normalized spacial score (nSPS) is 17.6. The van der Waals surface area contributed by atoms with E-state index in [0.717, 1.165) is 12.5 Å². The van der Waals surface area contributed by atoms with Gasteiger partial charge in [-0.15, -0.1) is 0 Å². The SMILES string of the molecule is CNCC1CCN(Cc2cccc3ccccc23)CC1. The Balaban J connectivity index is 1.68. The maximum atomic E-state index is 3.31. The smallest absolute Gasteiger partial charge is 0.0239 e. The molecule has 0 saturated carbocycles. The van der Waals surface area contributed by atoms with E-state index in [2.05, 4.69) is 59.7 Å². The van der Waals surface area contributed by atoms with Crippen LogP contribution in [0.5, 0.6) is 0 Å². The first-order chi connectivity index (χ1) is 9.86. The Kier molecular flexibility index (Phi) is 4.34. The molecular weight excluding hydrogens is 244 g/mol. The maximum Gasteiger partial charge on any atom is 0.0239 e. The van der Waals surface area contributed by atoms with Gasteiger partial charge in [0, 0.05) is 6.54 Å². The zero-order chi connectivity index (χ0) is 13.8. The minimum Gasteiger partial charge on any atom is -0.319 e. The molecule has 0 radical (unpaired) electrons. The van der Waals surface area contributed by atoms with Crippen LogP contribution in [0.2, 0.25) is 0 Å². The van der Waals surface area contributed by atoms with Crippen molar-refractivity contribution in [3.05, 3.63) is 48.0 Å². The van der Waals surface area contributed by atoms with Crippen molar-refractivity contribution in [1.29, 1.82) is 0 Å². The summed E-state index contributed by atoms with van der Waals surface area (Å²) in [5, 5.41) is 6.07. The summed E-state index contributed by atoms with van der Waals surface area (Å²) in [6, 6.07) is 15.4. The van der Waals surface area contributed by atoms with Crippen LogP contribution in [0.25, 0.3) is 10.8 Å². The molecule has 1 heterocycles. The van der Waals surface area contributed by atoms with Crippen LogP contribution in [0.15, 0.2) is 42.5 Å². The summed E-state index contributed by atoms with van der Waals surface area (Å²) in [6.45, 7) is 4.72. The largest absolute Gasteiger partial charge is 0.319 e. The third-order valence-corrected chi connectivity index (χ3v) is 4.47. The van der Waals surface area contributed by atoms with Crippen molar-refractivity contribution in [3.8, 4) is 0 Å². The van der Waals surface area contributed by atoms with E-state index in [1.165, 1.54) is 48.8 Å². The van der Waals surface area contributed by atoms with Crippen LogP contribution in [-0.2, 0) is 6.54 Å². The fraction of sp³-hybridized carbons (Fsp3) is 0.444. The summed E-state index contributed by atoms with van der Waals surface area (Å²) in [6.07, 6.45) is 2.65. The number of piperidine rings is 1. The van der Waals surface area contributed by atoms with Crippen molar-refractivity contribution in [2.45, 2.75) is 19.4 Å². The van der Waals surface area contributed by atoms with Gasteiger partial charge in [-0.25, -0.2) is 0 Å². The van der Waals surface area contributed by atoms with Gasteiger partial charge in [0.25, 0.3) is 0 Å². The highest BCUT2D eigenvalue weighted by atomic mass is 15.1. The lowest BCUT2D eigenvalue weighted by Crippen LogP contribution is -2.36. The van der Waals surface area contributed by atoms with Gasteiger partial charge < -0.3 is 5.32 Å². The van der Waals surface area contributed by atoms with E-state index in [-0.39, 0.29) is 0 Å². The molecule has 0 aromatic heterocycles. The molecule has 1 aliphatic heterocycles. The fourth-order valence-electron chi connectivity index (χ4n) is 3.31. The average Bonchev–Trinajstić information content (AvgIpc) is 2.50. The molecule has 1 saturated heterocycles. The number of hydrogen-bond donors (Lipinski definition) is 1. The van der Waals surface area contributed by atoms with E-state index < -0.39 is 0 Å². The van der Waals surface area contributed by atoms with Crippen molar-refractivity contribution >= 4 is 10.8 Å². The van der Waals surface area contributed by atoms with E-state index in [4.69, 9.17) is 0 Å². The molecule has 1 aliphatic rings. The zero-order valence-electron chi connectivity index (χ0n) is 12.3. The molecule has 20 heavy (non-hydrogen) atoms. The third-order valence-electron chi connectivity index (χ3n) is 4.47. The summed E-state index contributed by atoms with van der Waals surface area (Å²) in [5.41, 5.74) is 1.47. The second-order valence-corrected chi connectivity index (χ2v) is 5.92. The summed E-state index contributed by atoms with van der Waals surface area (Å²) in [4.78, 5) is 2.61. The van der Waals surface area contributed by atoms with Gasteiger partial charge in [-0.05, 0) is 61.8 Å². The van der Waals surface area contributed by atoms with Gasteiger partial charge in [0.15, 0.2) is 0 Å². The molecule has 2 nitrogen and oxygen atoms in total. The molecule has 0 atom stereocenters. The lowest BCUT2D eigenvalue weighted by Gasteiger charge is -2.32. The Morgan fingerprint density at radius 3 is 2.60 bits per heavy atom. The summed E-state index contributed by atoms with van der Waals surface area (Å²) in [7, 11) is 2.06. The highest BCUT2D eigenvalue weighted by Gasteiger charge is 2.18. The van der Waals surface area contributed by atoms with Gasteiger partial charge in [-0.2, -0.15) is 0 Å². The maximum absolute atomic E-state index is 3.31. The van der Waals surface area contributed by atoms with Crippen LogP contribution in [0.1, 0.15) is 18.4 Å². The Morgan fingerprint density at radius 2 is 1.80 bits per heavy atom. The Hall–Kier alpha value is -1.38. The van der Waals surface area contributed by atoms with Crippen LogP contribution in [0.3, 0.4) is 0 Å². The van der Waals surface area contributed by atoms with Crippen LogP contribution >= 0.6 is 0 Å². The summed E-state index contributed by atoms with van der Waals surface area (Å²) in [5.74, 6) is 0.865. The van der Waals surface area contributed by atoms with Crippen LogP contribution in [-0.4, -0.2) is 31.6 Å². The molecule has 2 aromatic carbocycles. The third kappa shape index (κ3) is 3.02. The first-order valence-corrected chi connectivity index (χ1v) is 7.70. The molecule has 3 rings (SSSR count). The number of rotatable bonds is 4. The lowest BCUT2D eigenvalue weighted by molar-refractivity contribution is 0.177. The second kappa shape index (κ2) is 6.38. The standard InChI is InChI=1S/C18H24N2/c1-19-13-15-9-11-20(12-10-15)14-17-7-4-6-16-5-2-3-8-18(16)17/h2-8,15,19H,9-14H2,1H3. The van der Waals surface area contributed by atoms with E-state index in [9.17, 15) is 0 Å². The minimum atomic E-state index is 0.865. The highest BCUT2D eigenvalue weighted by Crippen LogP contribution is 2.23. The van der Waals surface area contributed by atoms with Gasteiger partial charge in [0.1, 0.15) is 0 Å². The Bertz CT molecular complexity index is 551. The predicted molar refractivity (Wildman–Crippen MR) is 85.9 cm³/mol. The van der Waals surface area contributed by atoms with E-state index >= 15 is 0 Å². The molecule has 0 bridgehead atoms. The van der Waals surface area contributed by atoms with Crippen LogP contribution in [0, 0.1) is 5.92 Å². The second-order valence-electron chi connectivity index (χ2n) is 5.92. The number of fused-ring (bicyclic) bond motifs is 1. The molecule has 106 valence electrons. The minimum absolute atomic E-state index is 0.865. The molecule has 2 heteroatoms. The molecule has 1 fully saturated rings. The topological polar surface area (TPSA) is 15.3 Å². The first-order valence-electron chi connectivity index (χ1n) is 7.70. The van der Waals surface area contributed by atoms with Crippen molar-refractivity contribution in [2.75, 3.05) is 26.7 Å². The van der Waals surface area contributed by atoms with Crippen molar-refractivity contribution in [2.24, 2.45) is 5.92 Å². The van der Waals surface area contributed by atoms with Gasteiger partial charge in [0.05, 0.1) is 0 Å². The quantitative estimate of drug-likeness (QED) is 0.915. The lowest BCUT2D eigenvalue weighted by atomic mass is 9.96. The zero-order valence-corrected chi connectivity index (χ0v) is 12.3. The number of hydrogen-bond acceptors (Lipinski definition) is 2. The van der Waals surface area contributed by atoms with Crippen LogP contribution in [0.4, 0.5) is 0 Å². The van der Waals surface area contributed by atoms with Gasteiger partial charge in [0.2, 0.25) is 0 Å². The van der Waals surface area contributed by atoms with Gasteiger partial charge in [-0.3, -0.25) is 4.90 Å². The number of nitrogens with one attached hydrogen (secondary N) is 1. The van der Waals surface area contributed by atoms with Crippen LogP contribution < -0.4 is 5.32 Å². The molecule has 1 N–H and O–H groups in total. The molecule has 0 amide bonds. The molecule has 0 unspecified atom stereocenters. The monoisotopic (exact) mass is 268 g/mol. The van der Waals surface area contributed by atoms with Gasteiger partial charge in [-0.1, -0.05) is 42.5 Å². The van der Waals surface area contributed by atoms with Gasteiger partial charge >= 0.3 is 0 Å². The van der Waals surface area contributed by atoms with E-state index in [0.29, 0.717) is 0 Å². The predicted octanol–water partition coefficient (Wildman–Crippen LogP) is 3.27. The van der Waals surface area contributed by atoms with Crippen molar-refractivity contribution < 1.29 is 0 Å². The first kappa shape index (κ1) is 13.6. The average molecular weight is 268 g/mol. The van der Waals surface area contributed by atoms with E-state index in [1.807, 2.05) is 0 Å². The van der Waals surface area contributed by atoms with Crippen molar-refractivity contribution in [1.82, 2.24) is 10.2 Å². The number of nitrogens with zero attached hydrogens (tertiary/aromatic N) is 1. The molecule has 0 spiro atoms. The summed E-state index contributed by atoms with van der Waals surface area (Å²) < 4.78 is 0. The molecule has 2 aromatic rings. The summed E-state index contributed by atoms with van der Waals surface area (Å²) >= 11 is 0. The molecular formula is C18H24N2. The highest BCUT2D eigenvalue weighted by molar-refractivity contribution is 5.85. The fourth-order valence-corrected chi connectivity index (χ4v) is 3.31. The Morgan fingerprint density at radius 1 is 1.05 bits per heavy atom. The molecule has 0 aliphatic carbocycles.